The number of sulfonamides is 1. The van der Waals surface area contributed by atoms with E-state index in [2.05, 4.69) is 5.32 Å². The summed E-state index contributed by atoms with van der Waals surface area (Å²) in [6.07, 6.45) is 0. The zero-order valence-electron chi connectivity index (χ0n) is 9.56. The second-order valence-electron chi connectivity index (χ2n) is 3.74. The van der Waals surface area contributed by atoms with E-state index in [4.69, 9.17) is 32.8 Å². The molecule has 8 heteroatoms. The van der Waals surface area contributed by atoms with Crippen molar-refractivity contribution in [3.05, 3.63) is 46.1 Å². The molecule has 0 bridgehead atoms. The molecule has 19 heavy (non-hydrogen) atoms. The van der Waals surface area contributed by atoms with Crippen LogP contribution in [0, 0.1) is 0 Å². The Morgan fingerprint density at radius 1 is 1.21 bits per heavy atom. The van der Waals surface area contributed by atoms with Crippen LogP contribution in [0.15, 0.2) is 39.8 Å². The third-order valence-corrected chi connectivity index (χ3v) is 3.64. The highest BCUT2D eigenvalue weighted by molar-refractivity contribution is 7.89. The van der Waals surface area contributed by atoms with Crippen molar-refractivity contribution < 1.29 is 12.8 Å². The summed E-state index contributed by atoms with van der Waals surface area (Å²) in [7, 11) is -3.82. The zero-order chi connectivity index (χ0) is 14.0. The molecule has 0 unspecified atom stereocenters. The monoisotopic (exact) mass is 320 g/mol. The number of anilines is 1. The number of furan rings is 1. The molecule has 0 radical (unpaired) electrons. The Morgan fingerprint density at radius 3 is 2.58 bits per heavy atom. The van der Waals surface area contributed by atoms with Gasteiger partial charge in [-0.05, 0) is 30.3 Å². The van der Waals surface area contributed by atoms with Crippen LogP contribution in [-0.4, -0.2) is 8.42 Å². The average molecular weight is 321 g/mol. The lowest BCUT2D eigenvalue weighted by molar-refractivity contribution is 0.419. The van der Waals surface area contributed by atoms with Crippen molar-refractivity contribution in [1.82, 2.24) is 0 Å². The molecule has 0 atom stereocenters. The highest BCUT2D eigenvalue weighted by Crippen LogP contribution is 2.26. The van der Waals surface area contributed by atoms with Crippen LogP contribution in [0.2, 0.25) is 10.0 Å². The highest BCUT2D eigenvalue weighted by Gasteiger charge is 2.13. The van der Waals surface area contributed by atoms with E-state index in [1.165, 1.54) is 12.1 Å². The SMILES string of the molecule is NS(=O)(=O)c1ccc(CNc2cc(Cl)ccc2Cl)o1. The van der Waals surface area contributed by atoms with Gasteiger partial charge in [-0.1, -0.05) is 23.2 Å². The summed E-state index contributed by atoms with van der Waals surface area (Å²) in [6, 6.07) is 7.80. The molecule has 1 heterocycles. The van der Waals surface area contributed by atoms with Gasteiger partial charge in [0.05, 0.1) is 17.3 Å². The van der Waals surface area contributed by atoms with Crippen molar-refractivity contribution in [2.75, 3.05) is 5.32 Å². The van der Waals surface area contributed by atoms with Crippen molar-refractivity contribution in [2.45, 2.75) is 11.6 Å². The highest BCUT2D eigenvalue weighted by atomic mass is 35.5. The maximum absolute atomic E-state index is 11.0. The molecule has 0 saturated carbocycles. The molecule has 0 saturated heterocycles. The summed E-state index contributed by atoms with van der Waals surface area (Å²) in [6.45, 7) is 0.260. The topological polar surface area (TPSA) is 85.3 Å². The number of primary sulfonamides is 1. The average Bonchev–Trinajstić information content (AvgIpc) is 2.79. The van der Waals surface area contributed by atoms with E-state index >= 15 is 0 Å². The van der Waals surface area contributed by atoms with E-state index in [1.807, 2.05) is 0 Å². The van der Waals surface area contributed by atoms with Crippen LogP contribution in [0.4, 0.5) is 5.69 Å². The summed E-state index contributed by atoms with van der Waals surface area (Å²) >= 11 is 11.8. The van der Waals surface area contributed by atoms with Gasteiger partial charge in [-0.25, -0.2) is 13.6 Å². The van der Waals surface area contributed by atoms with E-state index in [0.29, 0.717) is 21.5 Å². The van der Waals surface area contributed by atoms with Crippen LogP contribution < -0.4 is 10.5 Å². The van der Waals surface area contributed by atoms with Gasteiger partial charge < -0.3 is 9.73 Å². The molecule has 102 valence electrons. The smallest absolute Gasteiger partial charge is 0.271 e. The first kappa shape index (κ1) is 14.2. The number of nitrogens with two attached hydrogens (primary N) is 1. The minimum absolute atomic E-state index is 0.260. The number of nitrogens with one attached hydrogen (secondary N) is 1. The minimum Gasteiger partial charge on any atom is -0.446 e. The summed E-state index contributed by atoms with van der Waals surface area (Å²) < 4.78 is 27.2. The van der Waals surface area contributed by atoms with Crippen molar-refractivity contribution in [2.24, 2.45) is 5.14 Å². The predicted octanol–water partition coefficient (Wildman–Crippen LogP) is 2.85. The van der Waals surface area contributed by atoms with Crippen molar-refractivity contribution >= 4 is 38.9 Å². The van der Waals surface area contributed by atoms with Gasteiger partial charge >= 0.3 is 0 Å². The van der Waals surface area contributed by atoms with E-state index < -0.39 is 10.0 Å². The Balaban J connectivity index is 2.11. The first-order chi connectivity index (χ1) is 8.86. The molecule has 0 fully saturated rings. The molecule has 1 aromatic carbocycles. The molecule has 2 rings (SSSR count). The van der Waals surface area contributed by atoms with E-state index in [-0.39, 0.29) is 11.6 Å². The van der Waals surface area contributed by atoms with Gasteiger partial charge in [0.15, 0.2) is 0 Å². The third-order valence-electron chi connectivity index (χ3n) is 2.30. The van der Waals surface area contributed by atoms with E-state index in [9.17, 15) is 8.42 Å². The normalized spacial score (nSPS) is 11.5. The molecule has 1 aromatic heterocycles. The summed E-state index contributed by atoms with van der Waals surface area (Å²) in [5.41, 5.74) is 0.628. The summed E-state index contributed by atoms with van der Waals surface area (Å²) in [4.78, 5) is 0. The maximum Gasteiger partial charge on any atom is 0.271 e. The molecule has 2 aromatic rings. The number of benzene rings is 1. The Morgan fingerprint density at radius 2 is 1.95 bits per heavy atom. The number of hydrogen-bond acceptors (Lipinski definition) is 4. The lowest BCUT2D eigenvalue weighted by Gasteiger charge is -2.07. The first-order valence-electron chi connectivity index (χ1n) is 5.17. The Hall–Kier alpha value is -1.21. The van der Waals surface area contributed by atoms with Gasteiger partial charge in [-0.2, -0.15) is 0 Å². The Bertz CT molecular complexity index is 698. The lowest BCUT2D eigenvalue weighted by atomic mass is 10.3. The molecule has 0 aliphatic heterocycles. The van der Waals surface area contributed by atoms with Gasteiger partial charge in [0.1, 0.15) is 5.76 Å². The predicted molar refractivity (Wildman–Crippen MR) is 73.9 cm³/mol. The lowest BCUT2D eigenvalue weighted by Crippen LogP contribution is -2.10. The number of rotatable bonds is 4. The fourth-order valence-electron chi connectivity index (χ4n) is 1.42. The van der Waals surface area contributed by atoms with Gasteiger partial charge in [0.25, 0.3) is 10.0 Å². The zero-order valence-corrected chi connectivity index (χ0v) is 11.9. The van der Waals surface area contributed by atoms with Crippen molar-refractivity contribution in [1.29, 1.82) is 0 Å². The largest absolute Gasteiger partial charge is 0.446 e. The first-order valence-corrected chi connectivity index (χ1v) is 7.47. The molecule has 0 aliphatic carbocycles. The van der Waals surface area contributed by atoms with Crippen LogP contribution in [0.5, 0.6) is 0 Å². The van der Waals surface area contributed by atoms with Gasteiger partial charge in [-0.3, -0.25) is 0 Å². The quantitative estimate of drug-likeness (QED) is 0.907. The van der Waals surface area contributed by atoms with Crippen LogP contribution in [0.25, 0.3) is 0 Å². The number of halogens is 2. The second-order valence-corrected chi connectivity index (χ2v) is 6.08. The third kappa shape index (κ3) is 3.63. The van der Waals surface area contributed by atoms with Crippen LogP contribution in [0.1, 0.15) is 5.76 Å². The molecule has 0 amide bonds. The molecular weight excluding hydrogens is 311 g/mol. The second kappa shape index (κ2) is 5.42. The van der Waals surface area contributed by atoms with Gasteiger partial charge in [-0.15, -0.1) is 0 Å². The molecule has 3 N–H and O–H groups in total. The number of hydrogen-bond donors (Lipinski definition) is 2. The van der Waals surface area contributed by atoms with E-state index in [1.54, 1.807) is 18.2 Å². The van der Waals surface area contributed by atoms with Crippen LogP contribution in [-0.2, 0) is 16.6 Å². The van der Waals surface area contributed by atoms with Crippen molar-refractivity contribution in [3.63, 3.8) is 0 Å². The molecular formula is C11H10Cl2N2O3S. The van der Waals surface area contributed by atoms with E-state index in [0.717, 1.165) is 0 Å². The Labute approximate surface area is 120 Å². The minimum atomic E-state index is -3.82. The van der Waals surface area contributed by atoms with Gasteiger partial charge in [0.2, 0.25) is 5.09 Å². The fourth-order valence-corrected chi connectivity index (χ4v) is 2.26. The molecule has 0 aliphatic rings. The maximum atomic E-state index is 11.0. The van der Waals surface area contributed by atoms with Crippen molar-refractivity contribution in [3.8, 4) is 0 Å². The summed E-state index contributed by atoms with van der Waals surface area (Å²) in [5.74, 6) is 0.417. The van der Waals surface area contributed by atoms with Gasteiger partial charge in [0, 0.05) is 5.02 Å². The standard InChI is InChI=1S/C11H10Cl2N2O3S/c12-7-1-3-9(13)10(5-7)15-6-8-2-4-11(18-8)19(14,16)17/h1-5,15H,6H2,(H2,14,16,17). The molecule has 5 nitrogen and oxygen atoms in total. The summed E-state index contributed by atoms with van der Waals surface area (Å²) in [5, 5.41) is 8.69. The van der Waals surface area contributed by atoms with Crippen LogP contribution >= 0.6 is 23.2 Å². The van der Waals surface area contributed by atoms with Crippen LogP contribution in [0.3, 0.4) is 0 Å². The fraction of sp³-hybridized carbons (Fsp3) is 0.0909. The molecule has 0 spiro atoms. The Kier molecular flexibility index (Phi) is 4.05.